The van der Waals surface area contributed by atoms with Gasteiger partial charge in [0.2, 0.25) is 0 Å². The van der Waals surface area contributed by atoms with Crippen LogP contribution in [-0.4, -0.2) is 33.8 Å². The molecule has 1 aromatic heterocycles. The van der Waals surface area contributed by atoms with Crippen LogP contribution in [0.2, 0.25) is 0 Å². The molecule has 0 spiro atoms. The second kappa shape index (κ2) is 5.34. The van der Waals surface area contributed by atoms with Gasteiger partial charge in [0.05, 0.1) is 11.6 Å². The van der Waals surface area contributed by atoms with E-state index >= 15 is 0 Å². The molecule has 1 saturated heterocycles. The summed E-state index contributed by atoms with van der Waals surface area (Å²) < 4.78 is 2.46. The van der Waals surface area contributed by atoms with Gasteiger partial charge in [-0.1, -0.05) is 25.1 Å². The van der Waals surface area contributed by atoms with Crippen LogP contribution in [-0.2, 0) is 19.0 Å². The van der Waals surface area contributed by atoms with Gasteiger partial charge in [-0.25, -0.2) is 0 Å². The smallest absolute Gasteiger partial charge is 0.0591 e. The average molecular weight is 338 g/mol. The summed E-state index contributed by atoms with van der Waals surface area (Å²) in [5, 5.41) is 11.9. The SMILES string of the molecule is C[C@H]1C(O)CCC2CN3CCc4c(n(C)c5ccccc45)[C@]3(C)CC21. The average Bonchev–Trinajstić information content (AvgIpc) is 2.91. The Kier molecular flexibility index (Phi) is 3.40. The maximum atomic E-state index is 10.4. The Balaban J connectivity index is 1.64. The summed E-state index contributed by atoms with van der Waals surface area (Å²) in [6, 6.07) is 8.89. The summed E-state index contributed by atoms with van der Waals surface area (Å²) in [7, 11) is 2.25. The van der Waals surface area contributed by atoms with Crippen molar-refractivity contribution in [1.82, 2.24) is 9.47 Å². The Labute approximate surface area is 150 Å². The van der Waals surface area contributed by atoms with E-state index in [9.17, 15) is 5.11 Å². The van der Waals surface area contributed by atoms with Crippen LogP contribution in [0.25, 0.3) is 10.9 Å². The first kappa shape index (κ1) is 15.9. The van der Waals surface area contributed by atoms with Crippen molar-refractivity contribution in [3.8, 4) is 0 Å². The Morgan fingerprint density at radius 3 is 2.84 bits per heavy atom. The number of hydrogen-bond acceptors (Lipinski definition) is 2. The van der Waals surface area contributed by atoms with Crippen molar-refractivity contribution in [2.24, 2.45) is 24.8 Å². The Bertz CT molecular complexity index is 825. The van der Waals surface area contributed by atoms with Crippen molar-refractivity contribution in [2.75, 3.05) is 13.1 Å². The molecule has 1 saturated carbocycles. The summed E-state index contributed by atoms with van der Waals surface area (Å²) in [5.74, 6) is 1.84. The van der Waals surface area contributed by atoms with Crippen LogP contribution in [0.1, 0.15) is 44.4 Å². The number of aliphatic hydroxyl groups is 1. The summed E-state index contributed by atoms with van der Waals surface area (Å²) >= 11 is 0. The number of hydrogen-bond donors (Lipinski definition) is 1. The Morgan fingerprint density at radius 1 is 1.20 bits per heavy atom. The molecular weight excluding hydrogens is 308 g/mol. The molecule has 0 bridgehead atoms. The summed E-state index contributed by atoms with van der Waals surface area (Å²) in [4.78, 5) is 2.76. The third-order valence-electron chi connectivity index (χ3n) is 7.86. The van der Waals surface area contributed by atoms with Crippen LogP contribution in [0.15, 0.2) is 24.3 Å². The second-order valence-electron chi connectivity index (χ2n) is 9.01. The van der Waals surface area contributed by atoms with E-state index in [1.54, 1.807) is 5.56 Å². The number of fused-ring (bicyclic) bond motifs is 6. The van der Waals surface area contributed by atoms with Gasteiger partial charge in [-0.05, 0) is 62.0 Å². The molecule has 3 heterocycles. The third-order valence-corrected chi connectivity index (χ3v) is 7.86. The lowest BCUT2D eigenvalue weighted by Gasteiger charge is -2.56. The number of para-hydroxylation sites is 1. The fraction of sp³-hybridized carbons (Fsp3) is 0.636. The zero-order valence-electron chi connectivity index (χ0n) is 15.7. The number of aliphatic hydroxyl groups excluding tert-OH is 1. The first-order valence-corrected chi connectivity index (χ1v) is 10.0. The Morgan fingerprint density at radius 2 is 2.00 bits per heavy atom. The molecule has 25 heavy (non-hydrogen) atoms. The highest BCUT2D eigenvalue weighted by Crippen LogP contribution is 2.52. The number of nitrogens with zero attached hydrogens (tertiary/aromatic N) is 2. The molecule has 3 heteroatoms. The highest BCUT2D eigenvalue weighted by molar-refractivity contribution is 5.86. The van der Waals surface area contributed by atoms with Gasteiger partial charge in [-0.3, -0.25) is 4.90 Å². The van der Waals surface area contributed by atoms with E-state index in [0.717, 1.165) is 12.3 Å². The quantitative estimate of drug-likeness (QED) is 0.794. The van der Waals surface area contributed by atoms with E-state index in [1.807, 2.05) is 0 Å². The fourth-order valence-corrected chi connectivity index (χ4v) is 6.47. The van der Waals surface area contributed by atoms with Gasteiger partial charge >= 0.3 is 0 Å². The molecule has 0 radical (unpaired) electrons. The first-order chi connectivity index (χ1) is 12.0. The first-order valence-electron chi connectivity index (χ1n) is 10.0. The molecule has 134 valence electrons. The number of piperidine rings is 1. The van der Waals surface area contributed by atoms with Crippen molar-refractivity contribution in [2.45, 2.75) is 51.2 Å². The maximum absolute atomic E-state index is 10.4. The van der Waals surface area contributed by atoms with E-state index in [4.69, 9.17) is 0 Å². The molecule has 5 rings (SSSR count). The third kappa shape index (κ3) is 2.06. The van der Waals surface area contributed by atoms with Crippen molar-refractivity contribution in [3.05, 3.63) is 35.5 Å². The van der Waals surface area contributed by atoms with Crippen molar-refractivity contribution in [1.29, 1.82) is 0 Å². The minimum Gasteiger partial charge on any atom is -0.393 e. The van der Waals surface area contributed by atoms with E-state index in [1.165, 1.54) is 48.9 Å². The number of benzene rings is 1. The number of aryl methyl sites for hydroxylation is 1. The van der Waals surface area contributed by atoms with Gasteiger partial charge in [0, 0.05) is 36.7 Å². The highest BCUT2D eigenvalue weighted by atomic mass is 16.3. The lowest BCUT2D eigenvalue weighted by atomic mass is 9.62. The molecule has 2 aliphatic heterocycles. The van der Waals surface area contributed by atoms with Crippen LogP contribution in [0.5, 0.6) is 0 Å². The predicted molar refractivity (Wildman–Crippen MR) is 102 cm³/mol. The van der Waals surface area contributed by atoms with Gasteiger partial charge in [0.25, 0.3) is 0 Å². The van der Waals surface area contributed by atoms with Gasteiger partial charge < -0.3 is 9.67 Å². The summed E-state index contributed by atoms with van der Waals surface area (Å²) in [6.45, 7) is 7.14. The highest BCUT2D eigenvalue weighted by Gasteiger charge is 2.51. The van der Waals surface area contributed by atoms with Crippen molar-refractivity contribution in [3.63, 3.8) is 0 Å². The largest absolute Gasteiger partial charge is 0.393 e. The number of aromatic nitrogens is 1. The molecule has 3 nitrogen and oxygen atoms in total. The molecular formula is C22H30N2O. The zero-order valence-corrected chi connectivity index (χ0v) is 15.7. The van der Waals surface area contributed by atoms with Crippen LogP contribution < -0.4 is 0 Å². The van der Waals surface area contributed by atoms with E-state index in [2.05, 4.69) is 54.6 Å². The molecule has 2 fully saturated rings. The lowest BCUT2D eigenvalue weighted by molar-refractivity contribution is -0.0838. The van der Waals surface area contributed by atoms with Crippen LogP contribution in [0, 0.1) is 17.8 Å². The molecule has 5 atom stereocenters. The van der Waals surface area contributed by atoms with Gasteiger partial charge in [-0.2, -0.15) is 0 Å². The summed E-state index contributed by atoms with van der Waals surface area (Å²) in [5.41, 5.74) is 4.58. The molecule has 1 N–H and O–H groups in total. The van der Waals surface area contributed by atoms with Gasteiger partial charge in [0.1, 0.15) is 0 Å². The molecule has 1 aromatic carbocycles. The maximum Gasteiger partial charge on any atom is 0.0591 e. The van der Waals surface area contributed by atoms with E-state index in [-0.39, 0.29) is 11.6 Å². The van der Waals surface area contributed by atoms with Crippen LogP contribution in [0.3, 0.4) is 0 Å². The van der Waals surface area contributed by atoms with Crippen LogP contribution in [0.4, 0.5) is 0 Å². The molecule has 3 unspecified atom stereocenters. The lowest BCUT2D eigenvalue weighted by Crippen LogP contribution is -2.59. The minimum atomic E-state index is -0.105. The summed E-state index contributed by atoms with van der Waals surface area (Å²) in [6.07, 6.45) is 4.44. The standard InChI is InChI=1S/C22H30N2O/c1-14-18-12-22(2)21-17(16-6-4-5-7-19(16)23(21)3)10-11-24(22)13-15(18)8-9-20(14)25/h4-7,14-15,18,20,25H,8-13H2,1-3H3/t14-,15?,18?,20?,22+/m1/s1. The van der Waals surface area contributed by atoms with Gasteiger partial charge in [-0.15, -0.1) is 0 Å². The zero-order chi connectivity index (χ0) is 17.3. The van der Waals surface area contributed by atoms with Crippen molar-refractivity contribution >= 4 is 10.9 Å². The monoisotopic (exact) mass is 338 g/mol. The van der Waals surface area contributed by atoms with E-state index in [0.29, 0.717) is 11.8 Å². The molecule has 1 aliphatic carbocycles. The number of rotatable bonds is 0. The topological polar surface area (TPSA) is 28.4 Å². The Hall–Kier alpha value is -1.32. The van der Waals surface area contributed by atoms with Gasteiger partial charge in [0.15, 0.2) is 0 Å². The molecule has 2 aromatic rings. The minimum absolute atomic E-state index is 0.105. The van der Waals surface area contributed by atoms with Crippen molar-refractivity contribution < 1.29 is 5.11 Å². The normalized spacial score (nSPS) is 38.2. The molecule has 0 amide bonds. The second-order valence-corrected chi connectivity index (χ2v) is 9.01. The molecule has 3 aliphatic rings. The fourth-order valence-electron chi connectivity index (χ4n) is 6.47. The predicted octanol–water partition coefficient (Wildman–Crippen LogP) is 3.68. The van der Waals surface area contributed by atoms with Crippen LogP contribution >= 0.6 is 0 Å². The van der Waals surface area contributed by atoms with E-state index < -0.39 is 0 Å².